The maximum Gasteiger partial charge on any atom is 0.312 e. The topological polar surface area (TPSA) is 100 Å². The van der Waals surface area contributed by atoms with Gasteiger partial charge in [0, 0.05) is 5.56 Å². The Morgan fingerprint density at radius 1 is 1.42 bits per heavy atom. The maximum atomic E-state index is 12.5. The fourth-order valence-electron chi connectivity index (χ4n) is 3.54. The van der Waals surface area contributed by atoms with Gasteiger partial charge < -0.3 is 24.5 Å². The van der Waals surface area contributed by atoms with E-state index in [0.29, 0.717) is 10.9 Å². The van der Waals surface area contributed by atoms with Crippen molar-refractivity contribution < 1.29 is 29.3 Å². The molecule has 1 aromatic heterocycles. The molecule has 1 aromatic rings. The number of rotatable bonds is 4. The highest BCUT2D eigenvalue weighted by molar-refractivity contribution is 6.88. The van der Waals surface area contributed by atoms with Gasteiger partial charge in [-0.25, -0.2) is 0 Å². The van der Waals surface area contributed by atoms with Crippen molar-refractivity contribution >= 4 is 19.4 Å². The molecule has 0 aliphatic heterocycles. The molecule has 2 rings (SSSR count). The molecule has 1 saturated carbocycles. The summed E-state index contributed by atoms with van der Waals surface area (Å²) in [4.78, 5) is 12.5. The molecule has 0 amide bonds. The van der Waals surface area contributed by atoms with Crippen molar-refractivity contribution in [2.24, 2.45) is 11.8 Å². The van der Waals surface area contributed by atoms with Gasteiger partial charge in [0.1, 0.15) is 19.8 Å². The van der Waals surface area contributed by atoms with Crippen molar-refractivity contribution in [1.29, 1.82) is 0 Å². The van der Waals surface area contributed by atoms with Crippen molar-refractivity contribution in [3.05, 3.63) is 17.9 Å². The molecule has 0 aromatic carbocycles. The van der Waals surface area contributed by atoms with Crippen LogP contribution in [0.3, 0.4) is 0 Å². The van der Waals surface area contributed by atoms with E-state index in [1.807, 2.05) is 19.6 Å². The van der Waals surface area contributed by atoms with Gasteiger partial charge in [-0.15, -0.1) is 0 Å². The van der Waals surface area contributed by atoms with Crippen LogP contribution in [0, 0.1) is 11.8 Å². The highest BCUT2D eigenvalue weighted by Gasteiger charge is 2.58. The Morgan fingerprint density at radius 2 is 2.04 bits per heavy atom. The van der Waals surface area contributed by atoms with Gasteiger partial charge in [0.2, 0.25) is 0 Å². The zero-order valence-electron chi connectivity index (χ0n) is 14.9. The van der Waals surface area contributed by atoms with Crippen LogP contribution in [0.15, 0.2) is 16.7 Å². The number of aliphatic hydroxyl groups excluding tert-OH is 2. The summed E-state index contributed by atoms with van der Waals surface area (Å²) in [5, 5.41) is 33.1. The van der Waals surface area contributed by atoms with E-state index in [2.05, 4.69) is 0 Å². The number of carbonyl (C=O) groups is 1. The fraction of sp³-hybridized carbons (Fsp3) is 0.706. The molecular weight excluding hydrogens is 328 g/mol. The predicted molar refractivity (Wildman–Crippen MR) is 91.5 cm³/mol. The second-order valence-corrected chi connectivity index (χ2v) is 12.6. The molecule has 0 radical (unpaired) electrons. The number of esters is 1. The first-order chi connectivity index (χ1) is 11.0. The summed E-state index contributed by atoms with van der Waals surface area (Å²) in [7, 11) is -1.98. The van der Waals surface area contributed by atoms with Crippen molar-refractivity contribution in [2.75, 3.05) is 6.61 Å². The predicted octanol–water partition coefficient (Wildman–Crippen LogP) is 0.953. The third-order valence-corrected chi connectivity index (χ3v) is 6.59. The standard InChI is InChI=1S/C17H28O6Si/c1-6-22-15(20)12-9-10(2)13(18)14(19)17(12,21)11-7-8-23-16(11)24(3,4)5/h7-8,10,12-14,18-19,21H,6,9H2,1-5H3/t10-,12-,13-,14-,17+/m0/s1. The minimum absolute atomic E-state index is 0.185. The molecule has 136 valence electrons. The number of furan rings is 1. The molecule has 0 spiro atoms. The monoisotopic (exact) mass is 356 g/mol. The van der Waals surface area contributed by atoms with Crippen molar-refractivity contribution in [1.82, 2.24) is 0 Å². The van der Waals surface area contributed by atoms with Crippen molar-refractivity contribution in [3.63, 3.8) is 0 Å². The van der Waals surface area contributed by atoms with Gasteiger partial charge >= 0.3 is 5.97 Å². The molecule has 1 fully saturated rings. The lowest BCUT2D eigenvalue weighted by atomic mass is 9.65. The van der Waals surface area contributed by atoms with E-state index < -0.39 is 37.8 Å². The summed E-state index contributed by atoms with van der Waals surface area (Å²) in [6.45, 7) is 9.77. The molecule has 7 heteroatoms. The van der Waals surface area contributed by atoms with E-state index >= 15 is 0 Å². The summed E-state index contributed by atoms with van der Waals surface area (Å²) in [6.07, 6.45) is -0.946. The highest BCUT2D eigenvalue weighted by atomic mass is 28.3. The van der Waals surface area contributed by atoms with Crippen LogP contribution in [0.1, 0.15) is 25.8 Å². The van der Waals surface area contributed by atoms with Gasteiger partial charge in [0.05, 0.1) is 30.3 Å². The molecule has 5 atom stereocenters. The minimum atomic E-state index is -1.98. The number of ether oxygens (including phenoxy) is 1. The van der Waals surface area contributed by atoms with E-state index in [-0.39, 0.29) is 18.9 Å². The SMILES string of the molecule is CCOC(=O)[C@@H]1C[C@H](C)[C@H](O)[C@H](O)[C@@]1(O)c1ccoc1[Si](C)(C)C. The second kappa shape index (κ2) is 6.63. The van der Waals surface area contributed by atoms with Crippen molar-refractivity contribution in [3.8, 4) is 0 Å². The smallest absolute Gasteiger partial charge is 0.312 e. The Hall–Kier alpha value is -1.15. The first-order valence-corrected chi connectivity index (χ1v) is 11.9. The first-order valence-electron chi connectivity index (χ1n) is 8.38. The van der Waals surface area contributed by atoms with Crippen LogP contribution in [-0.4, -0.2) is 48.2 Å². The van der Waals surface area contributed by atoms with E-state index in [4.69, 9.17) is 9.15 Å². The minimum Gasteiger partial charge on any atom is -0.474 e. The van der Waals surface area contributed by atoms with Gasteiger partial charge in [-0.1, -0.05) is 26.6 Å². The Bertz CT molecular complexity index is 592. The number of carbonyl (C=O) groups excluding carboxylic acids is 1. The summed E-state index contributed by atoms with van der Waals surface area (Å²) in [6, 6.07) is 1.59. The Morgan fingerprint density at radius 3 is 2.58 bits per heavy atom. The van der Waals surface area contributed by atoms with Gasteiger partial charge in [-0.3, -0.25) is 4.79 Å². The molecule has 0 saturated heterocycles. The Balaban J connectivity index is 2.59. The van der Waals surface area contributed by atoms with Crippen LogP contribution < -0.4 is 5.38 Å². The third-order valence-electron chi connectivity index (χ3n) is 4.85. The largest absolute Gasteiger partial charge is 0.474 e. The van der Waals surface area contributed by atoms with E-state index in [9.17, 15) is 20.1 Å². The Labute approximate surface area is 143 Å². The highest BCUT2D eigenvalue weighted by Crippen LogP contribution is 2.45. The fourth-order valence-corrected chi connectivity index (χ4v) is 5.05. The van der Waals surface area contributed by atoms with Gasteiger partial charge in [0.25, 0.3) is 0 Å². The molecule has 1 aliphatic carbocycles. The van der Waals surface area contributed by atoms with Gasteiger partial charge in [0.15, 0.2) is 0 Å². The maximum absolute atomic E-state index is 12.5. The molecule has 0 unspecified atom stereocenters. The van der Waals surface area contributed by atoms with Crippen molar-refractivity contribution in [2.45, 2.75) is 57.7 Å². The summed E-state index contributed by atoms with van der Waals surface area (Å²) in [5.74, 6) is -1.86. The van der Waals surface area contributed by atoms with Gasteiger partial charge in [-0.2, -0.15) is 0 Å². The summed E-state index contributed by atoms with van der Waals surface area (Å²) in [5.41, 5.74) is -1.54. The van der Waals surface area contributed by atoms with E-state index in [0.717, 1.165) is 0 Å². The zero-order valence-corrected chi connectivity index (χ0v) is 15.9. The van der Waals surface area contributed by atoms with Crippen LogP contribution in [0.4, 0.5) is 0 Å². The van der Waals surface area contributed by atoms with Crippen LogP contribution in [0.2, 0.25) is 19.6 Å². The lowest BCUT2D eigenvalue weighted by Gasteiger charge is -2.47. The number of hydrogen-bond donors (Lipinski definition) is 3. The summed E-state index contributed by atoms with van der Waals surface area (Å²) >= 11 is 0. The molecule has 3 N–H and O–H groups in total. The molecule has 24 heavy (non-hydrogen) atoms. The second-order valence-electron chi connectivity index (χ2n) is 7.69. The average molecular weight is 356 g/mol. The molecule has 0 bridgehead atoms. The molecular formula is C17H28O6Si. The zero-order chi connectivity index (χ0) is 18.3. The van der Waals surface area contributed by atoms with E-state index in [1.54, 1.807) is 19.9 Å². The third kappa shape index (κ3) is 3.05. The van der Waals surface area contributed by atoms with Crippen LogP contribution in [0.5, 0.6) is 0 Å². The van der Waals surface area contributed by atoms with Crippen LogP contribution in [0.25, 0.3) is 0 Å². The lowest BCUT2D eigenvalue weighted by Crippen LogP contribution is -2.62. The van der Waals surface area contributed by atoms with Gasteiger partial charge in [-0.05, 0) is 25.3 Å². The quantitative estimate of drug-likeness (QED) is 0.549. The Kier molecular flexibility index (Phi) is 5.30. The number of hydrogen-bond acceptors (Lipinski definition) is 6. The summed E-state index contributed by atoms with van der Waals surface area (Å²) < 4.78 is 10.7. The first kappa shape index (κ1) is 19.2. The number of aliphatic hydroxyl groups is 3. The van der Waals surface area contributed by atoms with E-state index in [1.165, 1.54) is 6.26 Å². The van der Waals surface area contributed by atoms with Crippen LogP contribution >= 0.6 is 0 Å². The lowest BCUT2D eigenvalue weighted by molar-refractivity contribution is -0.212. The molecule has 1 heterocycles. The molecule has 6 nitrogen and oxygen atoms in total. The normalized spacial score (nSPS) is 34.2. The molecule has 1 aliphatic rings. The average Bonchev–Trinajstić information content (AvgIpc) is 2.99. The van der Waals surface area contributed by atoms with Crippen LogP contribution in [-0.2, 0) is 15.1 Å².